The highest BCUT2D eigenvalue weighted by atomic mass is 16.3. The molecule has 2 rings (SSSR count). The van der Waals surface area contributed by atoms with Gasteiger partial charge in [0.05, 0.1) is 6.10 Å². The van der Waals surface area contributed by atoms with E-state index in [-0.39, 0.29) is 6.10 Å². The minimum atomic E-state index is -0.216. The predicted octanol–water partition coefficient (Wildman–Crippen LogP) is 2.30. The third-order valence-electron chi connectivity index (χ3n) is 2.83. The molecule has 0 saturated heterocycles. The van der Waals surface area contributed by atoms with Crippen LogP contribution in [0.3, 0.4) is 0 Å². The van der Waals surface area contributed by atoms with Gasteiger partial charge < -0.3 is 5.11 Å². The molecular weight excluding hydrogens is 148 g/mol. The topological polar surface area (TPSA) is 20.2 Å². The van der Waals surface area contributed by atoms with Crippen molar-refractivity contribution in [1.82, 2.24) is 0 Å². The number of hydrogen-bond donors (Lipinski definition) is 1. The van der Waals surface area contributed by atoms with Gasteiger partial charge in [-0.2, -0.15) is 0 Å². The van der Waals surface area contributed by atoms with Gasteiger partial charge in [0.1, 0.15) is 0 Å². The van der Waals surface area contributed by atoms with E-state index in [2.05, 4.69) is 13.0 Å². The SMILES string of the molecule is CC[C@H]1Cc2ccccc2[C@H]1O. The zero-order valence-electron chi connectivity index (χ0n) is 7.33. The van der Waals surface area contributed by atoms with Gasteiger partial charge in [-0.25, -0.2) is 0 Å². The van der Waals surface area contributed by atoms with Crippen LogP contribution in [0.4, 0.5) is 0 Å². The Hall–Kier alpha value is -0.820. The molecule has 1 aromatic rings. The van der Waals surface area contributed by atoms with Crippen LogP contribution in [0.2, 0.25) is 0 Å². The monoisotopic (exact) mass is 162 g/mol. The molecular formula is C11H14O. The summed E-state index contributed by atoms with van der Waals surface area (Å²) in [5.41, 5.74) is 2.47. The lowest BCUT2D eigenvalue weighted by Gasteiger charge is -2.11. The van der Waals surface area contributed by atoms with E-state index in [0.29, 0.717) is 5.92 Å². The Kier molecular flexibility index (Phi) is 1.89. The normalized spacial score (nSPS) is 27.2. The van der Waals surface area contributed by atoms with E-state index in [1.54, 1.807) is 0 Å². The van der Waals surface area contributed by atoms with Crippen LogP contribution in [0.5, 0.6) is 0 Å². The summed E-state index contributed by atoms with van der Waals surface area (Å²) in [6.45, 7) is 2.14. The minimum absolute atomic E-state index is 0.216. The van der Waals surface area contributed by atoms with Crippen molar-refractivity contribution >= 4 is 0 Å². The maximum atomic E-state index is 9.84. The molecule has 1 aromatic carbocycles. The largest absolute Gasteiger partial charge is 0.388 e. The first-order valence-corrected chi connectivity index (χ1v) is 4.58. The van der Waals surface area contributed by atoms with Crippen molar-refractivity contribution in [2.45, 2.75) is 25.9 Å². The molecule has 0 aliphatic heterocycles. The summed E-state index contributed by atoms with van der Waals surface area (Å²) in [5.74, 6) is 0.447. The molecule has 1 aliphatic carbocycles. The molecule has 0 spiro atoms. The number of aliphatic hydroxyl groups excluding tert-OH is 1. The van der Waals surface area contributed by atoms with E-state index in [1.807, 2.05) is 18.2 Å². The highest BCUT2D eigenvalue weighted by Gasteiger charge is 2.28. The van der Waals surface area contributed by atoms with E-state index in [4.69, 9.17) is 0 Å². The predicted molar refractivity (Wildman–Crippen MR) is 48.9 cm³/mol. The summed E-state index contributed by atoms with van der Waals surface area (Å²) in [4.78, 5) is 0. The van der Waals surface area contributed by atoms with Crippen LogP contribution in [-0.4, -0.2) is 5.11 Å². The third kappa shape index (κ3) is 1.05. The Bertz CT molecular complexity index is 280. The Labute approximate surface area is 73.0 Å². The lowest BCUT2D eigenvalue weighted by Crippen LogP contribution is -2.04. The molecule has 0 aromatic heterocycles. The summed E-state index contributed by atoms with van der Waals surface area (Å²) in [6.07, 6.45) is 1.90. The number of aliphatic hydroxyl groups is 1. The molecule has 2 atom stereocenters. The maximum absolute atomic E-state index is 9.84. The smallest absolute Gasteiger partial charge is 0.0823 e. The highest BCUT2D eigenvalue weighted by Crippen LogP contribution is 2.37. The van der Waals surface area contributed by atoms with Gasteiger partial charge in [0.2, 0.25) is 0 Å². The van der Waals surface area contributed by atoms with Gasteiger partial charge in [-0.05, 0) is 23.5 Å². The van der Waals surface area contributed by atoms with Crippen LogP contribution < -0.4 is 0 Å². The zero-order chi connectivity index (χ0) is 8.55. The van der Waals surface area contributed by atoms with E-state index < -0.39 is 0 Å². The van der Waals surface area contributed by atoms with Gasteiger partial charge in [-0.1, -0.05) is 37.6 Å². The minimum Gasteiger partial charge on any atom is -0.388 e. The van der Waals surface area contributed by atoms with Crippen LogP contribution in [-0.2, 0) is 6.42 Å². The van der Waals surface area contributed by atoms with Gasteiger partial charge in [0.15, 0.2) is 0 Å². The second kappa shape index (κ2) is 2.91. The molecule has 0 amide bonds. The average molecular weight is 162 g/mol. The van der Waals surface area contributed by atoms with Crippen molar-refractivity contribution in [2.24, 2.45) is 5.92 Å². The lowest BCUT2D eigenvalue weighted by molar-refractivity contribution is 0.121. The zero-order valence-corrected chi connectivity index (χ0v) is 7.33. The summed E-state index contributed by atoms with van der Waals surface area (Å²) >= 11 is 0. The molecule has 0 saturated carbocycles. The summed E-state index contributed by atoms with van der Waals surface area (Å²) in [7, 11) is 0. The Morgan fingerprint density at radius 3 is 2.83 bits per heavy atom. The van der Waals surface area contributed by atoms with Crippen LogP contribution in [0.1, 0.15) is 30.6 Å². The molecule has 0 bridgehead atoms. The van der Waals surface area contributed by atoms with E-state index in [0.717, 1.165) is 18.4 Å². The first-order valence-electron chi connectivity index (χ1n) is 4.58. The first kappa shape index (κ1) is 7.81. The highest BCUT2D eigenvalue weighted by molar-refractivity contribution is 5.34. The quantitative estimate of drug-likeness (QED) is 0.671. The van der Waals surface area contributed by atoms with Gasteiger partial charge in [0, 0.05) is 0 Å². The van der Waals surface area contributed by atoms with E-state index >= 15 is 0 Å². The van der Waals surface area contributed by atoms with Crippen LogP contribution >= 0.6 is 0 Å². The summed E-state index contributed by atoms with van der Waals surface area (Å²) in [5, 5.41) is 9.84. The van der Waals surface area contributed by atoms with Crippen molar-refractivity contribution < 1.29 is 5.11 Å². The van der Waals surface area contributed by atoms with Crippen LogP contribution in [0, 0.1) is 5.92 Å². The maximum Gasteiger partial charge on any atom is 0.0823 e. The van der Waals surface area contributed by atoms with Crippen molar-refractivity contribution in [3.63, 3.8) is 0 Å². The van der Waals surface area contributed by atoms with Crippen LogP contribution in [0.15, 0.2) is 24.3 Å². The van der Waals surface area contributed by atoms with Crippen molar-refractivity contribution in [1.29, 1.82) is 0 Å². The van der Waals surface area contributed by atoms with E-state index in [9.17, 15) is 5.11 Å². The number of benzene rings is 1. The molecule has 0 radical (unpaired) electrons. The number of rotatable bonds is 1. The third-order valence-corrected chi connectivity index (χ3v) is 2.83. The first-order chi connectivity index (χ1) is 5.83. The molecule has 1 aliphatic rings. The Morgan fingerprint density at radius 1 is 1.42 bits per heavy atom. The van der Waals surface area contributed by atoms with Gasteiger partial charge in [0.25, 0.3) is 0 Å². The van der Waals surface area contributed by atoms with Crippen LogP contribution in [0.25, 0.3) is 0 Å². The molecule has 0 unspecified atom stereocenters. The van der Waals surface area contributed by atoms with Gasteiger partial charge in [-0.3, -0.25) is 0 Å². The lowest BCUT2D eigenvalue weighted by atomic mass is 10.0. The fourth-order valence-corrected chi connectivity index (χ4v) is 2.02. The van der Waals surface area contributed by atoms with Gasteiger partial charge >= 0.3 is 0 Å². The second-order valence-electron chi connectivity index (χ2n) is 3.52. The molecule has 1 nitrogen and oxygen atoms in total. The molecule has 64 valence electrons. The molecule has 0 fully saturated rings. The fourth-order valence-electron chi connectivity index (χ4n) is 2.02. The standard InChI is InChI=1S/C11H14O/c1-2-8-7-9-5-3-4-6-10(9)11(8)12/h3-6,8,11-12H,2,7H2,1H3/t8-,11-/m0/s1. The number of fused-ring (bicyclic) bond motifs is 1. The summed E-state index contributed by atoms with van der Waals surface area (Å²) < 4.78 is 0. The van der Waals surface area contributed by atoms with Gasteiger partial charge in [-0.15, -0.1) is 0 Å². The van der Waals surface area contributed by atoms with Crippen molar-refractivity contribution in [2.75, 3.05) is 0 Å². The van der Waals surface area contributed by atoms with Crippen molar-refractivity contribution in [3.05, 3.63) is 35.4 Å². The van der Waals surface area contributed by atoms with Crippen molar-refractivity contribution in [3.8, 4) is 0 Å². The average Bonchev–Trinajstić information content (AvgIpc) is 2.44. The fraction of sp³-hybridized carbons (Fsp3) is 0.455. The number of hydrogen-bond acceptors (Lipinski definition) is 1. The summed E-state index contributed by atoms with van der Waals surface area (Å²) in [6, 6.07) is 8.20. The molecule has 1 heteroatoms. The van der Waals surface area contributed by atoms with E-state index in [1.165, 1.54) is 5.56 Å². The Balaban J connectivity index is 2.35. The molecule has 0 heterocycles. The second-order valence-corrected chi connectivity index (χ2v) is 3.52. The Morgan fingerprint density at radius 2 is 2.17 bits per heavy atom. The molecule has 1 N–H and O–H groups in total. The molecule has 12 heavy (non-hydrogen) atoms.